The maximum absolute atomic E-state index is 12.5. The monoisotopic (exact) mass is 500 g/mol. The Kier molecular flexibility index (Phi) is 11.0. The smallest absolute Gasteiger partial charge is 0.333 e. The van der Waals surface area contributed by atoms with Crippen LogP contribution in [0.3, 0.4) is 0 Å². The Morgan fingerprint density at radius 2 is 1.06 bits per heavy atom. The van der Waals surface area contributed by atoms with Crippen LogP contribution in [0.4, 0.5) is 0 Å². The average Bonchev–Trinajstić information content (AvgIpc) is 3.06. The third-order valence-corrected chi connectivity index (χ3v) is 5.90. The molecule has 2 saturated heterocycles. The minimum Gasteiger partial charge on any atom is -0.480 e. The van der Waals surface area contributed by atoms with Gasteiger partial charge in [0.15, 0.2) is 0 Å². The molecular weight excluding hydrogens is 468 g/mol. The molecule has 0 unspecified atom stereocenters. The van der Waals surface area contributed by atoms with Gasteiger partial charge in [0.25, 0.3) is 11.8 Å². The summed E-state index contributed by atoms with van der Waals surface area (Å²) in [5, 5.41) is 28.2. The molecule has 0 aromatic rings. The number of hydroxylamine groups is 2. The molecule has 14 nitrogen and oxygen atoms in total. The summed E-state index contributed by atoms with van der Waals surface area (Å²) in [4.78, 5) is 79.6. The molecule has 196 valence electrons. The van der Waals surface area contributed by atoms with E-state index in [2.05, 4.69) is 0 Å². The first kappa shape index (κ1) is 28.1. The van der Waals surface area contributed by atoms with Crippen LogP contribution >= 0.6 is 0 Å². The fourth-order valence-electron chi connectivity index (χ4n) is 4.06. The second-order valence-electron chi connectivity index (χ2n) is 8.70. The Bertz CT molecular complexity index is 772. The quantitative estimate of drug-likeness (QED) is 0.313. The van der Waals surface area contributed by atoms with Crippen molar-refractivity contribution in [2.45, 2.75) is 32.1 Å². The predicted octanol–water partition coefficient (Wildman–Crippen LogP) is -1.45. The molecule has 0 saturated carbocycles. The maximum atomic E-state index is 12.5. The number of carboxylic acids is 3. The largest absolute Gasteiger partial charge is 0.480 e. The van der Waals surface area contributed by atoms with Crippen molar-refractivity contribution in [3.63, 3.8) is 0 Å². The molecule has 0 aromatic carbocycles. The van der Waals surface area contributed by atoms with Gasteiger partial charge in [-0.25, -0.2) is 4.79 Å². The first-order chi connectivity index (χ1) is 16.5. The van der Waals surface area contributed by atoms with Crippen LogP contribution in [0, 0.1) is 5.92 Å². The fraction of sp³-hybridized carbons (Fsp3) is 0.714. The van der Waals surface area contributed by atoms with Crippen LogP contribution in [0.2, 0.25) is 0 Å². The number of hydrogen-bond donors (Lipinski definition) is 3. The van der Waals surface area contributed by atoms with Crippen molar-refractivity contribution in [1.82, 2.24) is 19.8 Å². The molecule has 14 heteroatoms. The highest BCUT2D eigenvalue weighted by Gasteiger charge is 2.33. The molecule has 0 aromatic heterocycles. The summed E-state index contributed by atoms with van der Waals surface area (Å²) in [6, 6.07) is 0. The van der Waals surface area contributed by atoms with Crippen molar-refractivity contribution in [1.29, 1.82) is 0 Å². The lowest BCUT2D eigenvalue weighted by Crippen LogP contribution is -2.45. The predicted molar refractivity (Wildman–Crippen MR) is 117 cm³/mol. The number of nitrogens with zero attached hydrogens (tertiary/aromatic N) is 4. The standard InChI is InChI=1S/C21H32N4O10/c26-16-1-2-17(27)25(16)35-21(34)11-15-3-5-22(12-18(28)29)7-9-24(14-20(32)33)10-8-23(6-4-15)13-19(30)31/h15H,1-14H2,(H,28,29)(H,30,31)(H,32,33). The Hall–Kier alpha value is -3.10. The van der Waals surface area contributed by atoms with Crippen LogP contribution in [0.5, 0.6) is 0 Å². The molecule has 0 atom stereocenters. The van der Waals surface area contributed by atoms with E-state index >= 15 is 0 Å². The number of carbonyl (C=O) groups is 6. The van der Waals surface area contributed by atoms with Crippen molar-refractivity contribution in [2.75, 3.05) is 58.9 Å². The number of aliphatic carboxylic acids is 3. The number of rotatable bonds is 9. The minimum absolute atomic E-state index is 0.0251. The third-order valence-electron chi connectivity index (χ3n) is 5.90. The molecule has 2 amide bonds. The zero-order valence-corrected chi connectivity index (χ0v) is 19.5. The summed E-state index contributed by atoms with van der Waals surface area (Å²) >= 11 is 0. The summed E-state index contributed by atoms with van der Waals surface area (Å²) in [6.07, 6.45) is 0.573. The van der Waals surface area contributed by atoms with Crippen LogP contribution < -0.4 is 0 Å². The second-order valence-corrected chi connectivity index (χ2v) is 8.70. The maximum Gasteiger partial charge on any atom is 0.333 e. The molecule has 2 aliphatic heterocycles. The van der Waals surface area contributed by atoms with Crippen LogP contribution in [0.15, 0.2) is 0 Å². The van der Waals surface area contributed by atoms with Crippen LogP contribution in [0.25, 0.3) is 0 Å². The lowest BCUT2D eigenvalue weighted by atomic mass is 9.96. The lowest BCUT2D eigenvalue weighted by Gasteiger charge is -2.31. The van der Waals surface area contributed by atoms with E-state index in [1.165, 1.54) is 0 Å². The Morgan fingerprint density at radius 3 is 1.43 bits per heavy atom. The van der Waals surface area contributed by atoms with E-state index in [0.717, 1.165) is 0 Å². The average molecular weight is 501 g/mol. The summed E-state index contributed by atoms with van der Waals surface area (Å²) in [6.45, 7) is 0.888. The highest BCUT2D eigenvalue weighted by Crippen LogP contribution is 2.19. The van der Waals surface area contributed by atoms with E-state index in [1.54, 1.807) is 14.7 Å². The molecule has 0 radical (unpaired) electrons. The molecule has 0 aliphatic carbocycles. The van der Waals surface area contributed by atoms with Crippen molar-refractivity contribution in [2.24, 2.45) is 5.92 Å². The molecule has 2 rings (SSSR count). The van der Waals surface area contributed by atoms with Crippen LogP contribution in [-0.4, -0.2) is 130 Å². The minimum atomic E-state index is -1.04. The van der Waals surface area contributed by atoms with E-state index in [9.17, 15) is 44.1 Å². The van der Waals surface area contributed by atoms with Gasteiger partial charge in [-0.2, -0.15) is 0 Å². The molecule has 2 heterocycles. The van der Waals surface area contributed by atoms with Crippen molar-refractivity contribution in [3.05, 3.63) is 0 Å². The fourth-order valence-corrected chi connectivity index (χ4v) is 4.06. The van der Waals surface area contributed by atoms with E-state index in [-0.39, 0.29) is 71.0 Å². The summed E-state index contributed by atoms with van der Waals surface area (Å²) in [5.41, 5.74) is 0. The van der Waals surface area contributed by atoms with Gasteiger partial charge >= 0.3 is 23.9 Å². The zero-order valence-electron chi connectivity index (χ0n) is 19.5. The topological polar surface area (TPSA) is 185 Å². The first-order valence-electron chi connectivity index (χ1n) is 11.4. The zero-order chi connectivity index (χ0) is 26.0. The van der Waals surface area contributed by atoms with Gasteiger partial charge in [-0.1, -0.05) is 0 Å². The Balaban J connectivity index is 2.11. The Labute approximate surface area is 201 Å². The summed E-state index contributed by atoms with van der Waals surface area (Å²) < 4.78 is 0. The second kappa shape index (κ2) is 13.7. The van der Waals surface area contributed by atoms with Crippen molar-refractivity contribution in [3.8, 4) is 0 Å². The summed E-state index contributed by atoms with van der Waals surface area (Å²) in [7, 11) is 0. The van der Waals surface area contributed by atoms with Gasteiger partial charge in [0.1, 0.15) is 0 Å². The lowest BCUT2D eigenvalue weighted by molar-refractivity contribution is -0.198. The molecular formula is C21H32N4O10. The van der Waals surface area contributed by atoms with Gasteiger partial charge < -0.3 is 20.2 Å². The van der Waals surface area contributed by atoms with Gasteiger partial charge in [-0.15, -0.1) is 5.06 Å². The molecule has 0 bridgehead atoms. The molecule has 35 heavy (non-hydrogen) atoms. The number of imide groups is 1. The van der Waals surface area contributed by atoms with Gasteiger partial charge in [-0.05, 0) is 31.8 Å². The van der Waals surface area contributed by atoms with E-state index in [0.29, 0.717) is 31.0 Å². The van der Waals surface area contributed by atoms with Gasteiger partial charge in [0, 0.05) is 39.0 Å². The van der Waals surface area contributed by atoms with E-state index < -0.39 is 35.7 Å². The van der Waals surface area contributed by atoms with Crippen LogP contribution in [-0.2, 0) is 33.6 Å². The Morgan fingerprint density at radius 1 is 0.686 bits per heavy atom. The molecule has 3 N–H and O–H groups in total. The number of carboxylic acid groups (broad SMARTS) is 3. The number of hydrogen-bond acceptors (Lipinski definition) is 10. The van der Waals surface area contributed by atoms with Crippen molar-refractivity contribution < 1.29 is 48.9 Å². The first-order valence-corrected chi connectivity index (χ1v) is 11.4. The van der Waals surface area contributed by atoms with Crippen molar-refractivity contribution >= 4 is 35.7 Å². The number of carbonyl (C=O) groups excluding carboxylic acids is 3. The van der Waals surface area contributed by atoms with Gasteiger partial charge in [0.2, 0.25) is 0 Å². The van der Waals surface area contributed by atoms with Gasteiger partial charge in [-0.3, -0.25) is 38.7 Å². The SMILES string of the molecule is O=C(O)CN1CCC(CC(=O)ON2C(=O)CCC2=O)CCN(CC(=O)O)CCN(CC(=O)O)CC1. The highest BCUT2D eigenvalue weighted by atomic mass is 16.7. The van der Waals surface area contributed by atoms with E-state index in [4.69, 9.17) is 4.84 Å². The molecule has 0 spiro atoms. The summed E-state index contributed by atoms with van der Waals surface area (Å²) in [5.74, 6) is -5.40. The van der Waals surface area contributed by atoms with Gasteiger partial charge in [0.05, 0.1) is 26.1 Å². The highest BCUT2D eigenvalue weighted by molar-refractivity contribution is 6.01. The number of amides is 2. The molecule has 2 fully saturated rings. The van der Waals surface area contributed by atoms with E-state index in [1.807, 2.05) is 0 Å². The third kappa shape index (κ3) is 10.4. The molecule has 2 aliphatic rings. The van der Waals surface area contributed by atoms with Crippen LogP contribution in [0.1, 0.15) is 32.1 Å². The normalized spacial score (nSPS) is 20.3.